The summed E-state index contributed by atoms with van der Waals surface area (Å²) in [5.41, 5.74) is 0.807. The summed E-state index contributed by atoms with van der Waals surface area (Å²) in [6.07, 6.45) is 4.02. The quantitative estimate of drug-likeness (QED) is 0.417. The summed E-state index contributed by atoms with van der Waals surface area (Å²) >= 11 is 0. The summed E-state index contributed by atoms with van der Waals surface area (Å²) in [7, 11) is -2.93. The number of allylic oxidation sites excluding steroid dienone is 1. The fourth-order valence-electron chi connectivity index (χ4n) is 3.46. The summed E-state index contributed by atoms with van der Waals surface area (Å²) in [5.74, 6) is -0.368. The molecule has 2 aromatic carbocycles. The van der Waals surface area contributed by atoms with Gasteiger partial charge in [-0.05, 0) is 19.8 Å². The van der Waals surface area contributed by atoms with Crippen molar-refractivity contribution in [2.75, 3.05) is 25.9 Å². The van der Waals surface area contributed by atoms with Gasteiger partial charge in [0.15, 0.2) is 0 Å². The molecule has 4 nitrogen and oxygen atoms in total. The summed E-state index contributed by atoms with van der Waals surface area (Å²) in [4.78, 5) is 14.3. The van der Waals surface area contributed by atoms with E-state index >= 15 is 0 Å². The number of esters is 1. The molecule has 1 aliphatic rings. The summed E-state index contributed by atoms with van der Waals surface area (Å²) in [6.45, 7) is 3.89. The molecule has 0 amide bonds. The van der Waals surface area contributed by atoms with Crippen LogP contribution in [0.3, 0.4) is 0 Å². The molecule has 0 radical (unpaired) electrons. The fraction of sp³-hybridized carbons (Fsp3) is 0.318. The molecule has 1 fully saturated rings. The molecule has 0 aromatic heterocycles. The second kappa shape index (κ2) is 9.05. The number of likely N-dealkylation sites (tertiary alicyclic amines) is 1. The number of hydrogen-bond donors (Lipinski definition) is 0. The third kappa shape index (κ3) is 4.70. The Morgan fingerprint density at radius 2 is 1.52 bits per heavy atom. The molecular weight excluding hydrogens is 357 g/mol. The zero-order valence-corrected chi connectivity index (χ0v) is 16.6. The third-order valence-electron chi connectivity index (χ3n) is 4.81. The van der Waals surface area contributed by atoms with Gasteiger partial charge < -0.3 is 14.2 Å². The number of rotatable bonds is 7. The predicted molar refractivity (Wildman–Crippen MR) is 110 cm³/mol. The number of benzene rings is 2. The predicted octanol–water partition coefficient (Wildman–Crippen LogP) is 3.54. The van der Waals surface area contributed by atoms with Gasteiger partial charge in [0.25, 0.3) is 0 Å². The van der Waals surface area contributed by atoms with Crippen LogP contribution in [0.5, 0.6) is 0 Å². The van der Waals surface area contributed by atoms with Gasteiger partial charge in [0.2, 0.25) is 0 Å². The van der Waals surface area contributed by atoms with E-state index in [2.05, 4.69) is 4.90 Å². The molecule has 1 aliphatic heterocycles. The van der Waals surface area contributed by atoms with Crippen LogP contribution >= 0.6 is 7.14 Å². The topological polar surface area (TPSA) is 46.6 Å². The minimum atomic E-state index is -2.93. The molecular formula is C22H26NO3P. The first-order valence-corrected chi connectivity index (χ1v) is 11.4. The molecule has 27 heavy (non-hydrogen) atoms. The van der Waals surface area contributed by atoms with E-state index in [4.69, 9.17) is 4.74 Å². The maximum absolute atomic E-state index is 14.3. The van der Waals surface area contributed by atoms with Gasteiger partial charge in [0, 0.05) is 41.6 Å². The van der Waals surface area contributed by atoms with E-state index in [1.54, 1.807) is 6.92 Å². The first kappa shape index (κ1) is 19.4. The molecule has 0 bridgehead atoms. The van der Waals surface area contributed by atoms with Gasteiger partial charge in [-0.2, -0.15) is 0 Å². The molecule has 0 aliphatic carbocycles. The first-order chi connectivity index (χ1) is 13.1. The van der Waals surface area contributed by atoms with Crippen LogP contribution in [0.25, 0.3) is 0 Å². The maximum Gasteiger partial charge on any atom is 0.332 e. The third-order valence-corrected chi connectivity index (χ3v) is 7.85. The minimum absolute atomic E-state index is 0.319. The molecule has 0 unspecified atom stereocenters. The van der Waals surface area contributed by atoms with Crippen molar-refractivity contribution >= 4 is 23.7 Å². The van der Waals surface area contributed by atoms with Crippen LogP contribution in [0.4, 0.5) is 0 Å². The van der Waals surface area contributed by atoms with Crippen molar-refractivity contribution in [2.24, 2.45) is 0 Å². The molecule has 1 saturated heterocycles. The fourth-order valence-corrected chi connectivity index (χ4v) is 6.18. The summed E-state index contributed by atoms with van der Waals surface area (Å²) in [6, 6.07) is 19.2. The minimum Gasteiger partial charge on any atom is -0.463 e. The van der Waals surface area contributed by atoms with E-state index in [1.807, 2.05) is 60.7 Å². The Bertz CT molecular complexity index is 784. The average Bonchev–Trinajstić information content (AvgIpc) is 3.24. The highest BCUT2D eigenvalue weighted by Crippen LogP contribution is 2.45. The van der Waals surface area contributed by atoms with Gasteiger partial charge >= 0.3 is 5.97 Å². The Labute approximate surface area is 161 Å². The van der Waals surface area contributed by atoms with Crippen LogP contribution < -0.4 is 10.6 Å². The highest BCUT2D eigenvalue weighted by Gasteiger charge is 2.31. The Balaban J connectivity index is 2.03. The standard InChI is InChI=1S/C22H26NO3P/c1-2-26-22(24)17-19(23-15-9-10-16-23)18-27(25,20-11-5-3-6-12-20)21-13-7-4-8-14-21/h3-8,11-14,17H,2,9-10,15-16,18H2,1H3. The zero-order valence-electron chi connectivity index (χ0n) is 15.7. The highest BCUT2D eigenvalue weighted by atomic mass is 31.2. The van der Waals surface area contributed by atoms with Crippen molar-refractivity contribution in [3.05, 3.63) is 72.4 Å². The molecule has 0 N–H and O–H groups in total. The van der Waals surface area contributed by atoms with Crippen LogP contribution in [0.15, 0.2) is 72.4 Å². The molecule has 2 aromatic rings. The van der Waals surface area contributed by atoms with E-state index in [0.29, 0.717) is 12.8 Å². The Morgan fingerprint density at radius 3 is 2.00 bits per heavy atom. The largest absolute Gasteiger partial charge is 0.463 e. The Morgan fingerprint density at radius 1 is 1.00 bits per heavy atom. The number of hydrogen-bond acceptors (Lipinski definition) is 4. The van der Waals surface area contributed by atoms with Crippen molar-refractivity contribution < 1.29 is 14.1 Å². The van der Waals surface area contributed by atoms with Gasteiger partial charge in [-0.1, -0.05) is 60.7 Å². The van der Waals surface area contributed by atoms with Gasteiger partial charge in [0.1, 0.15) is 7.14 Å². The van der Waals surface area contributed by atoms with E-state index in [0.717, 1.165) is 42.2 Å². The van der Waals surface area contributed by atoms with Crippen LogP contribution in [0.1, 0.15) is 19.8 Å². The summed E-state index contributed by atoms with van der Waals surface area (Å²) < 4.78 is 19.4. The molecule has 0 atom stereocenters. The number of carbonyl (C=O) groups excluding carboxylic acids is 1. The molecule has 142 valence electrons. The van der Waals surface area contributed by atoms with Crippen molar-refractivity contribution in [2.45, 2.75) is 19.8 Å². The summed E-state index contributed by atoms with van der Waals surface area (Å²) in [5, 5.41) is 1.62. The van der Waals surface area contributed by atoms with Crippen LogP contribution in [0, 0.1) is 0 Å². The smallest absolute Gasteiger partial charge is 0.332 e. The van der Waals surface area contributed by atoms with Crippen molar-refractivity contribution in [1.82, 2.24) is 4.90 Å². The van der Waals surface area contributed by atoms with Crippen molar-refractivity contribution in [3.63, 3.8) is 0 Å². The van der Waals surface area contributed by atoms with Gasteiger partial charge in [-0.25, -0.2) is 4.79 Å². The zero-order chi connectivity index (χ0) is 19.1. The van der Waals surface area contributed by atoms with Crippen molar-refractivity contribution in [3.8, 4) is 0 Å². The van der Waals surface area contributed by atoms with E-state index < -0.39 is 7.14 Å². The molecule has 3 rings (SSSR count). The second-order valence-electron chi connectivity index (χ2n) is 6.65. The average molecular weight is 383 g/mol. The maximum atomic E-state index is 14.3. The number of ether oxygens (including phenoxy) is 1. The van der Waals surface area contributed by atoms with Crippen LogP contribution in [-0.4, -0.2) is 36.7 Å². The van der Waals surface area contributed by atoms with Crippen LogP contribution in [0.2, 0.25) is 0 Å². The van der Waals surface area contributed by atoms with Crippen LogP contribution in [-0.2, 0) is 14.1 Å². The van der Waals surface area contributed by atoms with Gasteiger partial charge in [-0.15, -0.1) is 0 Å². The lowest BCUT2D eigenvalue weighted by Crippen LogP contribution is -2.27. The number of nitrogens with zero attached hydrogens (tertiary/aromatic N) is 1. The van der Waals surface area contributed by atoms with E-state index in [9.17, 15) is 9.36 Å². The first-order valence-electron chi connectivity index (χ1n) is 9.46. The molecule has 0 saturated carbocycles. The lowest BCUT2D eigenvalue weighted by atomic mass is 10.3. The molecule has 1 heterocycles. The van der Waals surface area contributed by atoms with Crippen molar-refractivity contribution in [1.29, 1.82) is 0 Å². The SMILES string of the molecule is CCOC(=O)C=C(CP(=O)(c1ccccc1)c1ccccc1)N1CCCC1. The number of carbonyl (C=O) groups is 1. The second-order valence-corrected chi connectivity index (χ2v) is 9.48. The van der Waals surface area contributed by atoms with E-state index in [1.165, 1.54) is 6.08 Å². The lowest BCUT2D eigenvalue weighted by Gasteiger charge is -2.27. The lowest BCUT2D eigenvalue weighted by molar-refractivity contribution is -0.137. The van der Waals surface area contributed by atoms with Gasteiger partial charge in [0.05, 0.1) is 6.61 Å². The van der Waals surface area contributed by atoms with Gasteiger partial charge in [-0.3, -0.25) is 0 Å². The highest BCUT2D eigenvalue weighted by molar-refractivity contribution is 7.78. The Kier molecular flexibility index (Phi) is 6.52. The molecule has 5 heteroatoms. The molecule has 0 spiro atoms. The Hall–Kier alpha value is -2.32. The normalized spacial score (nSPS) is 15.0. The monoisotopic (exact) mass is 383 g/mol. The van der Waals surface area contributed by atoms with E-state index in [-0.39, 0.29) is 5.97 Å².